The molecule has 0 heterocycles. The SMILES string of the molecule is CCCCCCCCCCCCCCCCCCN(CC(COCCCCCCCCCCCCCCCC)OP(=O)([O-])OCC[N+](C)(C)C)C(=O)NC. The Morgan fingerprint density at radius 1 is 0.611 bits per heavy atom. The van der Waals surface area contributed by atoms with Crippen LogP contribution >= 0.6 is 7.82 Å². The zero-order valence-electron chi connectivity index (χ0n) is 36.8. The highest BCUT2D eigenvalue weighted by atomic mass is 31.2. The molecule has 0 aromatic carbocycles. The fourth-order valence-corrected chi connectivity index (χ4v) is 7.76. The summed E-state index contributed by atoms with van der Waals surface area (Å²) < 4.78 is 30.1. The number of quaternary nitrogens is 1. The van der Waals surface area contributed by atoms with Crippen LogP contribution in [0.3, 0.4) is 0 Å². The van der Waals surface area contributed by atoms with Crippen molar-refractivity contribution < 1.29 is 32.5 Å². The lowest BCUT2D eigenvalue weighted by molar-refractivity contribution is -0.870. The maximum atomic E-state index is 12.8. The van der Waals surface area contributed by atoms with Gasteiger partial charge in [0.2, 0.25) is 0 Å². The maximum absolute atomic E-state index is 12.8. The Morgan fingerprint density at radius 2 is 0.981 bits per heavy atom. The van der Waals surface area contributed by atoms with Gasteiger partial charge in [0.05, 0.1) is 34.3 Å². The summed E-state index contributed by atoms with van der Waals surface area (Å²) in [6.45, 7) is 6.42. The van der Waals surface area contributed by atoms with Crippen LogP contribution in [0.2, 0.25) is 0 Å². The summed E-state index contributed by atoms with van der Waals surface area (Å²) in [5, 5.41) is 2.72. The molecule has 0 fully saturated rings. The van der Waals surface area contributed by atoms with E-state index in [0.29, 0.717) is 24.2 Å². The van der Waals surface area contributed by atoms with Crippen molar-refractivity contribution in [2.24, 2.45) is 0 Å². The van der Waals surface area contributed by atoms with Crippen LogP contribution in [0.4, 0.5) is 4.79 Å². The molecule has 2 unspecified atom stereocenters. The summed E-state index contributed by atoms with van der Waals surface area (Å²) in [6.07, 6.45) is 37.9. The highest BCUT2D eigenvalue weighted by Crippen LogP contribution is 2.40. The van der Waals surface area contributed by atoms with E-state index in [1.807, 2.05) is 21.1 Å². The van der Waals surface area contributed by atoms with Gasteiger partial charge in [-0.05, 0) is 12.8 Å². The molecular formula is C44H92N3O6P. The van der Waals surface area contributed by atoms with Crippen molar-refractivity contribution in [2.75, 3.05) is 67.6 Å². The molecule has 324 valence electrons. The molecule has 1 N–H and O–H groups in total. The van der Waals surface area contributed by atoms with Gasteiger partial charge >= 0.3 is 6.03 Å². The van der Waals surface area contributed by atoms with E-state index >= 15 is 0 Å². The largest absolute Gasteiger partial charge is 0.756 e. The van der Waals surface area contributed by atoms with E-state index in [1.165, 1.54) is 161 Å². The molecule has 0 aliphatic heterocycles. The van der Waals surface area contributed by atoms with Crippen LogP contribution in [0.15, 0.2) is 0 Å². The Kier molecular flexibility index (Phi) is 37.4. The van der Waals surface area contributed by atoms with Gasteiger partial charge in [-0.3, -0.25) is 4.57 Å². The quantitative estimate of drug-likeness (QED) is 0.0375. The van der Waals surface area contributed by atoms with E-state index in [1.54, 1.807) is 11.9 Å². The third-order valence-electron chi connectivity index (χ3n) is 10.4. The Hall–Kier alpha value is -0.700. The third kappa shape index (κ3) is 38.2. The molecule has 54 heavy (non-hydrogen) atoms. The highest BCUT2D eigenvalue weighted by Gasteiger charge is 2.24. The number of ether oxygens (including phenoxy) is 1. The Labute approximate surface area is 336 Å². The van der Waals surface area contributed by atoms with E-state index < -0.39 is 13.9 Å². The summed E-state index contributed by atoms with van der Waals surface area (Å²) in [5.41, 5.74) is 0. The smallest absolute Gasteiger partial charge is 0.317 e. The summed E-state index contributed by atoms with van der Waals surface area (Å²) in [5.74, 6) is 0. The summed E-state index contributed by atoms with van der Waals surface area (Å²) in [6, 6.07) is -0.233. The average molecular weight is 790 g/mol. The predicted octanol–water partition coefficient (Wildman–Crippen LogP) is 12.0. The van der Waals surface area contributed by atoms with Crippen molar-refractivity contribution in [3.8, 4) is 0 Å². The first-order chi connectivity index (χ1) is 26.0. The van der Waals surface area contributed by atoms with Crippen LogP contribution in [0.1, 0.15) is 206 Å². The van der Waals surface area contributed by atoms with Gasteiger partial charge in [-0.1, -0.05) is 194 Å². The van der Waals surface area contributed by atoms with Crippen molar-refractivity contribution in [3.05, 3.63) is 0 Å². The number of phosphoric ester groups is 1. The van der Waals surface area contributed by atoms with Crippen molar-refractivity contribution in [2.45, 2.75) is 213 Å². The van der Waals surface area contributed by atoms with E-state index in [2.05, 4.69) is 19.2 Å². The van der Waals surface area contributed by atoms with Crippen LogP contribution < -0.4 is 10.2 Å². The number of unbranched alkanes of at least 4 members (excludes halogenated alkanes) is 28. The second-order valence-corrected chi connectivity index (χ2v) is 18.4. The zero-order chi connectivity index (χ0) is 40.0. The summed E-state index contributed by atoms with van der Waals surface area (Å²) >= 11 is 0. The van der Waals surface area contributed by atoms with E-state index in [-0.39, 0.29) is 25.8 Å². The second-order valence-electron chi connectivity index (χ2n) is 17.0. The lowest BCUT2D eigenvalue weighted by Gasteiger charge is -2.32. The molecule has 0 bridgehead atoms. The van der Waals surface area contributed by atoms with Gasteiger partial charge in [0, 0.05) is 20.2 Å². The topological polar surface area (TPSA) is 100 Å². The highest BCUT2D eigenvalue weighted by molar-refractivity contribution is 7.45. The van der Waals surface area contributed by atoms with E-state index in [0.717, 1.165) is 32.1 Å². The second kappa shape index (κ2) is 37.9. The van der Waals surface area contributed by atoms with E-state index in [9.17, 15) is 14.3 Å². The van der Waals surface area contributed by atoms with Gasteiger partial charge < -0.3 is 33.4 Å². The molecule has 0 saturated heterocycles. The molecule has 0 aliphatic rings. The van der Waals surface area contributed by atoms with Gasteiger partial charge in [-0.2, -0.15) is 0 Å². The Bertz CT molecular complexity index is 859. The number of likely N-dealkylation sites (N-methyl/N-ethyl adjacent to an activating group) is 1. The zero-order valence-corrected chi connectivity index (χ0v) is 37.7. The fraction of sp³-hybridized carbons (Fsp3) is 0.977. The van der Waals surface area contributed by atoms with E-state index in [4.69, 9.17) is 13.8 Å². The normalized spacial score (nSPS) is 13.6. The number of nitrogens with zero attached hydrogens (tertiary/aromatic N) is 2. The van der Waals surface area contributed by atoms with Crippen LogP contribution in [-0.4, -0.2) is 89.2 Å². The van der Waals surface area contributed by atoms with Crippen LogP contribution in [0.25, 0.3) is 0 Å². The maximum Gasteiger partial charge on any atom is 0.317 e. The Balaban J connectivity index is 4.51. The van der Waals surface area contributed by atoms with Crippen LogP contribution in [-0.2, 0) is 18.3 Å². The van der Waals surface area contributed by atoms with Gasteiger partial charge in [-0.25, -0.2) is 4.79 Å². The molecule has 2 atom stereocenters. The molecule has 0 aliphatic carbocycles. The number of carbonyl (C=O) groups excluding carboxylic acids is 1. The minimum absolute atomic E-state index is 0.0370. The predicted molar refractivity (Wildman–Crippen MR) is 228 cm³/mol. The standard InChI is InChI=1S/C44H92N3O6P/c1-7-9-11-13-15-17-19-21-23-24-25-27-29-31-33-35-37-46(44(48)45-3)41-43(53-54(49,50)52-40-38-47(4,5)6)42-51-39-36-34-32-30-28-26-22-20-18-16-14-12-10-8-2/h43H,7-42H2,1-6H3,(H-,45,48,49,50). The minimum Gasteiger partial charge on any atom is -0.756 e. The number of rotatable bonds is 42. The van der Waals surface area contributed by atoms with Crippen molar-refractivity contribution >= 4 is 13.9 Å². The van der Waals surface area contributed by atoms with Crippen LogP contribution in [0.5, 0.6) is 0 Å². The monoisotopic (exact) mass is 790 g/mol. The first-order valence-corrected chi connectivity index (χ1v) is 24.5. The van der Waals surface area contributed by atoms with Crippen molar-refractivity contribution in [1.29, 1.82) is 0 Å². The fourth-order valence-electron chi connectivity index (χ4n) is 6.90. The number of hydrogen-bond acceptors (Lipinski definition) is 6. The molecule has 0 rings (SSSR count). The molecular weight excluding hydrogens is 697 g/mol. The van der Waals surface area contributed by atoms with Gasteiger partial charge in [-0.15, -0.1) is 0 Å². The van der Waals surface area contributed by atoms with Gasteiger partial charge in [0.1, 0.15) is 19.3 Å². The summed E-state index contributed by atoms with van der Waals surface area (Å²) in [4.78, 5) is 27.3. The molecule has 0 aromatic rings. The number of phosphoric acid groups is 1. The third-order valence-corrected chi connectivity index (χ3v) is 11.5. The molecule has 0 radical (unpaired) electrons. The minimum atomic E-state index is -4.58. The first kappa shape index (κ1) is 53.3. The number of nitrogens with one attached hydrogen (secondary N) is 1. The average Bonchev–Trinajstić information content (AvgIpc) is 3.12. The first-order valence-electron chi connectivity index (χ1n) is 23.0. The van der Waals surface area contributed by atoms with Gasteiger partial charge in [0.25, 0.3) is 7.82 Å². The van der Waals surface area contributed by atoms with Crippen molar-refractivity contribution in [3.63, 3.8) is 0 Å². The summed E-state index contributed by atoms with van der Waals surface area (Å²) in [7, 11) is 2.96. The molecule has 0 aromatic heterocycles. The number of carbonyl (C=O) groups is 1. The lowest BCUT2D eigenvalue weighted by Crippen LogP contribution is -2.45. The number of urea groups is 1. The number of hydrogen-bond donors (Lipinski definition) is 1. The van der Waals surface area contributed by atoms with Crippen molar-refractivity contribution in [1.82, 2.24) is 10.2 Å². The molecule has 2 amide bonds. The lowest BCUT2D eigenvalue weighted by atomic mass is 10.0. The number of amides is 2. The molecule has 0 saturated carbocycles. The Morgan fingerprint density at radius 3 is 1.35 bits per heavy atom. The van der Waals surface area contributed by atoms with Gasteiger partial charge in [0.15, 0.2) is 0 Å². The van der Waals surface area contributed by atoms with Crippen LogP contribution in [0, 0.1) is 0 Å². The molecule has 9 nitrogen and oxygen atoms in total. The molecule has 0 spiro atoms. The molecule has 10 heteroatoms.